The van der Waals surface area contributed by atoms with Crippen molar-refractivity contribution in [2.45, 2.75) is 13.0 Å². The van der Waals surface area contributed by atoms with Gasteiger partial charge in [0.25, 0.3) is 5.09 Å². The summed E-state index contributed by atoms with van der Waals surface area (Å²) in [5.74, 6) is -0.420. The first-order chi connectivity index (χ1) is 11.6. The van der Waals surface area contributed by atoms with Crippen LogP contribution in [0.2, 0.25) is 0 Å². The molecule has 1 heterocycles. The summed E-state index contributed by atoms with van der Waals surface area (Å²) in [4.78, 5) is 27.6. The quantitative estimate of drug-likeness (QED) is 0.405. The van der Waals surface area contributed by atoms with Crippen LogP contribution in [0.15, 0.2) is 18.2 Å². The van der Waals surface area contributed by atoms with Gasteiger partial charge in [-0.25, -0.2) is 4.79 Å². The van der Waals surface area contributed by atoms with Gasteiger partial charge in [-0.2, -0.15) is 0 Å². The zero-order valence-corrected chi connectivity index (χ0v) is 13.2. The van der Waals surface area contributed by atoms with Crippen molar-refractivity contribution < 1.29 is 29.3 Å². The number of carboxylic acid groups (broad SMARTS) is 1. The molecule has 24 heavy (non-hydrogen) atoms. The number of aromatic carboxylic acids is 1. The second-order valence-corrected chi connectivity index (χ2v) is 5.28. The van der Waals surface area contributed by atoms with E-state index in [1.54, 1.807) is 12.1 Å². The fourth-order valence-electron chi connectivity index (χ4n) is 2.36. The first kappa shape index (κ1) is 18.0. The van der Waals surface area contributed by atoms with Crippen molar-refractivity contribution in [2.24, 2.45) is 0 Å². The van der Waals surface area contributed by atoms with Crippen LogP contribution < -0.4 is 4.74 Å². The van der Waals surface area contributed by atoms with Gasteiger partial charge in [0, 0.05) is 31.6 Å². The fourth-order valence-corrected chi connectivity index (χ4v) is 2.36. The number of carbonyl (C=O) groups is 1. The molecule has 0 atom stereocenters. The topological polar surface area (TPSA) is 111 Å². The molecule has 9 heteroatoms. The normalized spacial score (nSPS) is 15.0. The minimum Gasteiger partial charge on any atom is -0.493 e. The molecular weight excluding hydrogens is 320 g/mol. The maximum absolute atomic E-state index is 11.2. The van der Waals surface area contributed by atoms with Crippen LogP contribution in [0.25, 0.3) is 0 Å². The number of rotatable bonds is 9. The molecule has 1 saturated heterocycles. The number of morpholine rings is 1. The molecule has 0 aliphatic carbocycles. The fraction of sp³-hybridized carbons (Fsp3) is 0.533. The van der Waals surface area contributed by atoms with E-state index < -0.39 is 11.1 Å². The summed E-state index contributed by atoms with van der Waals surface area (Å²) in [7, 11) is 0. The third-order valence-electron chi connectivity index (χ3n) is 3.55. The monoisotopic (exact) mass is 340 g/mol. The Kier molecular flexibility index (Phi) is 6.76. The second kappa shape index (κ2) is 9.04. The molecule has 1 N–H and O–H groups in total. The molecule has 0 aromatic heterocycles. The predicted molar refractivity (Wildman–Crippen MR) is 82.6 cm³/mol. The number of hydrogen-bond acceptors (Lipinski definition) is 7. The summed E-state index contributed by atoms with van der Waals surface area (Å²) in [5.41, 5.74) is 0.967. The van der Waals surface area contributed by atoms with E-state index in [1.165, 1.54) is 6.07 Å². The maximum atomic E-state index is 11.2. The molecule has 0 bridgehead atoms. The molecule has 0 saturated carbocycles. The highest BCUT2D eigenvalue weighted by Gasteiger charge is 2.15. The van der Waals surface area contributed by atoms with Crippen molar-refractivity contribution in [3.63, 3.8) is 0 Å². The molecule has 0 spiro atoms. The molecule has 1 aromatic carbocycles. The van der Waals surface area contributed by atoms with Crippen molar-refractivity contribution in [3.05, 3.63) is 39.4 Å². The van der Waals surface area contributed by atoms with E-state index in [1.807, 2.05) is 0 Å². The van der Waals surface area contributed by atoms with Crippen LogP contribution in [0.5, 0.6) is 5.75 Å². The van der Waals surface area contributed by atoms with Gasteiger partial charge in [-0.15, -0.1) is 10.1 Å². The Bertz CT molecular complexity index is 573. The summed E-state index contributed by atoms with van der Waals surface area (Å²) < 4.78 is 10.9. The summed E-state index contributed by atoms with van der Waals surface area (Å²) in [6.07, 6.45) is 0.360. The van der Waals surface area contributed by atoms with E-state index >= 15 is 0 Å². The lowest BCUT2D eigenvalue weighted by molar-refractivity contribution is -0.757. The predicted octanol–water partition coefficient (Wildman–Crippen LogP) is 1.19. The molecule has 1 aliphatic heterocycles. The highest BCUT2D eigenvalue weighted by Crippen LogP contribution is 2.23. The molecule has 0 unspecified atom stereocenters. The average Bonchev–Trinajstić information content (AvgIpc) is 2.56. The van der Waals surface area contributed by atoms with Crippen molar-refractivity contribution in [1.29, 1.82) is 0 Å². The third kappa shape index (κ3) is 5.67. The van der Waals surface area contributed by atoms with Gasteiger partial charge in [-0.3, -0.25) is 4.90 Å². The van der Waals surface area contributed by atoms with Crippen molar-refractivity contribution >= 4 is 5.97 Å². The lowest BCUT2D eigenvalue weighted by Crippen LogP contribution is -2.35. The highest BCUT2D eigenvalue weighted by atomic mass is 16.9. The molecule has 1 aromatic rings. The van der Waals surface area contributed by atoms with Gasteiger partial charge in [0.1, 0.15) is 5.75 Å². The van der Waals surface area contributed by atoms with Gasteiger partial charge in [-0.1, -0.05) is 0 Å². The molecule has 1 fully saturated rings. The van der Waals surface area contributed by atoms with Gasteiger partial charge >= 0.3 is 5.97 Å². The van der Waals surface area contributed by atoms with Crippen LogP contribution in [0.3, 0.4) is 0 Å². The van der Waals surface area contributed by atoms with Crippen LogP contribution in [0.1, 0.15) is 22.3 Å². The van der Waals surface area contributed by atoms with Gasteiger partial charge in [0.15, 0.2) is 0 Å². The van der Waals surface area contributed by atoms with E-state index in [2.05, 4.69) is 9.74 Å². The molecule has 2 rings (SSSR count). The minimum absolute atomic E-state index is 0.0427. The van der Waals surface area contributed by atoms with Crippen molar-refractivity contribution in [2.75, 3.05) is 39.5 Å². The Labute approximate surface area is 138 Å². The molecular formula is C15H20N2O7. The summed E-state index contributed by atoms with van der Waals surface area (Å²) in [6.45, 7) is 3.60. The summed E-state index contributed by atoms with van der Waals surface area (Å²) >= 11 is 0. The van der Waals surface area contributed by atoms with Crippen LogP contribution in [0.4, 0.5) is 0 Å². The largest absolute Gasteiger partial charge is 0.493 e. The smallest absolute Gasteiger partial charge is 0.335 e. The van der Waals surface area contributed by atoms with Crippen molar-refractivity contribution in [3.8, 4) is 5.75 Å². The van der Waals surface area contributed by atoms with Crippen molar-refractivity contribution in [1.82, 2.24) is 4.90 Å². The van der Waals surface area contributed by atoms with Crippen LogP contribution in [-0.4, -0.2) is 60.6 Å². The van der Waals surface area contributed by atoms with Gasteiger partial charge in [0.05, 0.1) is 32.0 Å². The lowest BCUT2D eigenvalue weighted by Gasteiger charge is -2.27. The number of hydrogen-bond donors (Lipinski definition) is 1. The standard InChI is InChI=1S/C15H20N2O7/c18-15(19)12-2-3-14(23-6-1-7-24-17(20)21)13(10-12)11-16-4-8-22-9-5-16/h2-3,10H,1,4-9,11H2,(H,18,19). The van der Waals surface area contributed by atoms with E-state index in [0.29, 0.717) is 31.9 Å². The summed E-state index contributed by atoms with van der Waals surface area (Å²) in [6, 6.07) is 4.70. The minimum atomic E-state index is -0.996. The Morgan fingerprint density at radius 1 is 1.33 bits per heavy atom. The zero-order valence-electron chi connectivity index (χ0n) is 13.2. The van der Waals surface area contributed by atoms with Crippen LogP contribution >= 0.6 is 0 Å². The molecule has 132 valence electrons. The first-order valence-corrected chi connectivity index (χ1v) is 7.62. The number of benzene rings is 1. The maximum Gasteiger partial charge on any atom is 0.335 e. The first-order valence-electron chi connectivity index (χ1n) is 7.62. The number of nitrogens with zero attached hydrogens (tertiary/aromatic N) is 2. The lowest BCUT2D eigenvalue weighted by atomic mass is 10.1. The van der Waals surface area contributed by atoms with E-state index in [4.69, 9.17) is 14.6 Å². The Morgan fingerprint density at radius 2 is 2.08 bits per heavy atom. The third-order valence-corrected chi connectivity index (χ3v) is 3.55. The molecule has 1 aliphatic rings. The SMILES string of the molecule is O=C(O)c1ccc(OCCCO[N+](=O)[O-])c(CN2CCOCC2)c1. The van der Waals surface area contributed by atoms with Gasteiger partial charge in [0.2, 0.25) is 0 Å². The Balaban J connectivity index is 1.99. The molecule has 0 amide bonds. The molecule has 0 radical (unpaired) electrons. The van der Waals surface area contributed by atoms with Crippen LogP contribution in [-0.2, 0) is 16.1 Å². The number of carboxylic acids is 1. The second-order valence-electron chi connectivity index (χ2n) is 5.28. The Hall–Kier alpha value is -2.39. The Morgan fingerprint density at radius 3 is 2.75 bits per heavy atom. The molecule has 9 nitrogen and oxygen atoms in total. The summed E-state index contributed by atoms with van der Waals surface area (Å²) in [5, 5.41) is 18.4. The van der Waals surface area contributed by atoms with E-state index in [9.17, 15) is 14.9 Å². The van der Waals surface area contributed by atoms with Gasteiger partial charge in [-0.05, 0) is 18.2 Å². The number of ether oxygens (including phenoxy) is 2. The van der Waals surface area contributed by atoms with Crippen LogP contribution in [0, 0.1) is 10.1 Å². The zero-order chi connectivity index (χ0) is 17.4. The van der Waals surface area contributed by atoms with Gasteiger partial charge < -0.3 is 19.4 Å². The van der Waals surface area contributed by atoms with E-state index in [-0.39, 0.29) is 18.8 Å². The average molecular weight is 340 g/mol. The van der Waals surface area contributed by atoms with E-state index in [0.717, 1.165) is 18.7 Å². The highest BCUT2D eigenvalue weighted by molar-refractivity contribution is 5.88.